The van der Waals surface area contributed by atoms with Gasteiger partial charge < -0.3 is 9.64 Å². The summed E-state index contributed by atoms with van der Waals surface area (Å²) < 4.78 is 8.46. The molecule has 2 rings (SSSR count). The number of nitrogens with zero attached hydrogens (tertiary/aromatic N) is 4. The van der Waals surface area contributed by atoms with Crippen molar-refractivity contribution in [3.8, 4) is 5.88 Å². The van der Waals surface area contributed by atoms with Crippen molar-refractivity contribution in [3.05, 3.63) is 22.9 Å². The van der Waals surface area contributed by atoms with Crippen molar-refractivity contribution >= 4 is 21.6 Å². The van der Waals surface area contributed by atoms with Gasteiger partial charge >= 0.3 is 0 Å². The van der Waals surface area contributed by atoms with Gasteiger partial charge in [0.05, 0.1) is 12.3 Å². The summed E-state index contributed by atoms with van der Waals surface area (Å²) >= 11 is 3.42. The summed E-state index contributed by atoms with van der Waals surface area (Å²) in [6.45, 7) is 9.84. The van der Waals surface area contributed by atoms with Gasteiger partial charge in [0, 0.05) is 6.07 Å². The zero-order chi connectivity index (χ0) is 15.2. The van der Waals surface area contributed by atoms with Crippen LogP contribution in [0.5, 0.6) is 5.88 Å². The first kappa shape index (κ1) is 16.2. The van der Waals surface area contributed by atoms with Crippen molar-refractivity contribution in [3.63, 3.8) is 0 Å². The third-order valence-corrected chi connectivity index (χ3v) is 4.14. The molecule has 0 fully saturated rings. The molecule has 1 atom stereocenters. The number of rotatable bonds is 8. The van der Waals surface area contributed by atoms with E-state index in [4.69, 9.17) is 4.74 Å². The van der Waals surface area contributed by atoms with E-state index < -0.39 is 0 Å². The van der Waals surface area contributed by atoms with Gasteiger partial charge in [0.1, 0.15) is 4.60 Å². The molecule has 6 heteroatoms. The summed E-state index contributed by atoms with van der Waals surface area (Å²) in [7, 11) is 0. The number of aromatic nitrogens is 3. The topological polar surface area (TPSA) is 42.7 Å². The molecule has 0 bridgehead atoms. The first-order chi connectivity index (χ1) is 10.1. The van der Waals surface area contributed by atoms with E-state index in [0.717, 1.165) is 42.7 Å². The molecule has 0 saturated carbocycles. The van der Waals surface area contributed by atoms with Gasteiger partial charge in [0.2, 0.25) is 5.88 Å². The highest BCUT2D eigenvalue weighted by Crippen LogP contribution is 2.16. The third kappa shape index (κ3) is 4.41. The van der Waals surface area contributed by atoms with E-state index in [0.29, 0.717) is 5.88 Å². The molecular formula is C15H23BrN4O. The summed E-state index contributed by atoms with van der Waals surface area (Å²) in [5, 5.41) is 4.42. The zero-order valence-corrected chi connectivity index (χ0v) is 14.5. The summed E-state index contributed by atoms with van der Waals surface area (Å²) in [6.07, 6.45) is 4.06. The van der Waals surface area contributed by atoms with Crippen LogP contribution >= 0.6 is 15.9 Å². The molecule has 0 aliphatic carbocycles. The Morgan fingerprint density at radius 2 is 2.10 bits per heavy atom. The monoisotopic (exact) mass is 354 g/mol. The van der Waals surface area contributed by atoms with Crippen LogP contribution in [0.2, 0.25) is 0 Å². The second kappa shape index (κ2) is 7.75. The SMILES string of the molecule is CCN(CC)CCCC(C)Oc1ccc2ncc(Br)n2n1. The van der Waals surface area contributed by atoms with E-state index in [2.05, 4.69) is 51.7 Å². The van der Waals surface area contributed by atoms with Crippen molar-refractivity contribution in [2.45, 2.75) is 39.7 Å². The Balaban J connectivity index is 1.86. The maximum absolute atomic E-state index is 5.90. The minimum Gasteiger partial charge on any atom is -0.474 e. The van der Waals surface area contributed by atoms with Crippen LogP contribution in [0.4, 0.5) is 0 Å². The molecule has 0 aliphatic heterocycles. The van der Waals surface area contributed by atoms with E-state index in [1.807, 2.05) is 12.1 Å². The maximum atomic E-state index is 5.90. The molecule has 2 heterocycles. The minimum atomic E-state index is 0.160. The van der Waals surface area contributed by atoms with Crippen LogP contribution in [0.3, 0.4) is 0 Å². The summed E-state index contributed by atoms with van der Waals surface area (Å²) in [5.41, 5.74) is 0.809. The Morgan fingerprint density at radius 1 is 1.33 bits per heavy atom. The smallest absolute Gasteiger partial charge is 0.232 e. The van der Waals surface area contributed by atoms with Crippen LogP contribution in [0, 0.1) is 0 Å². The Hall–Kier alpha value is -1.14. The normalized spacial score (nSPS) is 13.0. The fraction of sp³-hybridized carbons (Fsp3) is 0.600. The molecule has 21 heavy (non-hydrogen) atoms. The number of hydrogen-bond donors (Lipinski definition) is 0. The Kier molecular flexibility index (Phi) is 5.99. The van der Waals surface area contributed by atoms with Gasteiger partial charge in [-0.2, -0.15) is 0 Å². The van der Waals surface area contributed by atoms with E-state index in [-0.39, 0.29) is 6.10 Å². The van der Waals surface area contributed by atoms with Crippen LogP contribution in [0.15, 0.2) is 22.9 Å². The zero-order valence-electron chi connectivity index (χ0n) is 12.9. The molecule has 0 aliphatic rings. The van der Waals surface area contributed by atoms with Crippen molar-refractivity contribution in [2.24, 2.45) is 0 Å². The highest BCUT2D eigenvalue weighted by molar-refractivity contribution is 9.10. The molecule has 2 aromatic rings. The van der Waals surface area contributed by atoms with E-state index in [1.54, 1.807) is 10.7 Å². The largest absolute Gasteiger partial charge is 0.474 e. The van der Waals surface area contributed by atoms with Gasteiger partial charge in [-0.1, -0.05) is 13.8 Å². The van der Waals surface area contributed by atoms with Crippen LogP contribution in [0.25, 0.3) is 5.65 Å². The maximum Gasteiger partial charge on any atom is 0.232 e. The lowest BCUT2D eigenvalue weighted by molar-refractivity contribution is 0.186. The number of halogens is 1. The van der Waals surface area contributed by atoms with Gasteiger partial charge in [-0.25, -0.2) is 9.50 Å². The Bertz CT molecular complexity index is 568. The van der Waals surface area contributed by atoms with Gasteiger partial charge in [0.25, 0.3) is 0 Å². The lowest BCUT2D eigenvalue weighted by atomic mass is 10.2. The molecule has 0 aromatic carbocycles. The second-order valence-corrected chi connectivity index (χ2v) is 5.93. The standard InChI is InChI=1S/C15H23BrN4O/c1-4-19(5-2)10-6-7-12(3)21-15-9-8-14-17-11-13(16)20(14)18-15/h8-9,11-12H,4-7,10H2,1-3H3. The summed E-state index contributed by atoms with van der Waals surface area (Å²) in [4.78, 5) is 6.65. The molecular weight excluding hydrogens is 332 g/mol. The fourth-order valence-electron chi connectivity index (χ4n) is 2.30. The van der Waals surface area contributed by atoms with E-state index in [1.165, 1.54) is 0 Å². The predicted molar refractivity (Wildman–Crippen MR) is 87.8 cm³/mol. The average molecular weight is 355 g/mol. The van der Waals surface area contributed by atoms with E-state index >= 15 is 0 Å². The van der Waals surface area contributed by atoms with Gasteiger partial charge in [-0.05, 0) is 61.4 Å². The Labute approximate surface area is 134 Å². The molecule has 0 spiro atoms. The quantitative estimate of drug-likeness (QED) is 0.728. The highest BCUT2D eigenvalue weighted by atomic mass is 79.9. The van der Waals surface area contributed by atoms with Crippen LogP contribution in [-0.4, -0.2) is 45.2 Å². The van der Waals surface area contributed by atoms with Crippen molar-refractivity contribution in [2.75, 3.05) is 19.6 Å². The number of ether oxygens (including phenoxy) is 1. The van der Waals surface area contributed by atoms with Gasteiger partial charge in [-0.15, -0.1) is 5.10 Å². The molecule has 0 radical (unpaired) electrons. The fourth-order valence-corrected chi connectivity index (χ4v) is 2.66. The predicted octanol–water partition coefficient (Wildman–Crippen LogP) is 3.38. The number of imidazole rings is 1. The van der Waals surface area contributed by atoms with Gasteiger partial charge in [0.15, 0.2) is 5.65 Å². The Morgan fingerprint density at radius 3 is 2.81 bits per heavy atom. The first-order valence-electron chi connectivity index (χ1n) is 7.53. The van der Waals surface area contributed by atoms with Crippen LogP contribution < -0.4 is 4.74 Å². The van der Waals surface area contributed by atoms with E-state index in [9.17, 15) is 0 Å². The van der Waals surface area contributed by atoms with Gasteiger partial charge in [-0.3, -0.25) is 0 Å². The molecule has 2 aromatic heterocycles. The van der Waals surface area contributed by atoms with Crippen molar-refractivity contribution < 1.29 is 4.74 Å². The molecule has 5 nitrogen and oxygen atoms in total. The third-order valence-electron chi connectivity index (χ3n) is 3.60. The first-order valence-corrected chi connectivity index (χ1v) is 8.32. The molecule has 1 unspecified atom stereocenters. The molecule has 116 valence electrons. The lowest BCUT2D eigenvalue weighted by Crippen LogP contribution is -2.25. The lowest BCUT2D eigenvalue weighted by Gasteiger charge is -2.19. The number of hydrogen-bond acceptors (Lipinski definition) is 4. The van der Waals surface area contributed by atoms with Crippen LogP contribution in [0.1, 0.15) is 33.6 Å². The summed E-state index contributed by atoms with van der Waals surface area (Å²) in [6, 6.07) is 3.78. The average Bonchev–Trinajstić information content (AvgIpc) is 2.85. The minimum absolute atomic E-state index is 0.160. The highest BCUT2D eigenvalue weighted by Gasteiger charge is 2.09. The molecule has 0 N–H and O–H groups in total. The van der Waals surface area contributed by atoms with Crippen molar-refractivity contribution in [1.82, 2.24) is 19.5 Å². The summed E-state index contributed by atoms with van der Waals surface area (Å²) in [5.74, 6) is 0.636. The molecule has 0 amide bonds. The number of fused-ring (bicyclic) bond motifs is 1. The van der Waals surface area contributed by atoms with Crippen molar-refractivity contribution in [1.29, 1.82) is 0 Å². The van der Waals surface area contributed by atoms with Crippen LogP contribution in [-0.2, 0) is 0 Å². The second-order valence-electron chi connectivity index (χ2n) is 5.12. The molecule has 0 saturated heterocycles.